The van der Waals surface area contributed by atoms with Crippen LogP contribution in [0.15, 0.2) is 58.3 Å². The Morgan fingerprint density at radius 1 is 1.03 bits per heavy atom. The van der Waals surface area contributed by atoms with E-state index in [9.17, 15) is 22.8 Å². The van der Waals surface area contributed by atoms with Crippen molar-refractivity contribution in [3.63, 3.8) is 0 Å². The molecule has 0 radical (unpaired) electrons. The number of nitrogens with two attached hydrogens (primary N) is 1. The third kappa shape index (κ3) is 5.91. The topological polar surface area (TPSA) is 144 Å². The summed E-state index contributed by atoms with van der Waals surface area (Å²) in [5.41, 5.74) is 4.98. The van der Waals surface area contributed by atoms with Crippen LogP contribution >= 0.6 is 11.8 Å². The molecule has 0 bridgehead atoms. The van der Waals surface area contributed by atoms with Crippen molar-refractivity contribution in [2.75, 3.05) is 5.32 Å². The van der Waals surface area contributed by atoms with Gasteiger partial charge in [-0.25, -0.2) is 0 Å². The average molecular weight is 451 g/mol. The Bertz CT molecular complexity index is 1070. The molecule has 0 aromatic heterocycles. The summed E-state index contributed by atoms with van der Waals surface area (Å²) in [6.45, 7) is 5.03. The first-order valence-electron chi connectivity index (χ1n) is 8.79. The van der Waals surface area contributed by atoms with E-state index >= 15 is 0 Å². The van der Waals surface area contributed by atoms with Crippen molar-refractivity contribution in [2.45, 2.75) is 35.8 Å². The molecule has 4 N–H and O–H groups in total. The van der Waals surface area contributed by atoms with Crippen molar-refractivity contribution in [1.29, 1.82) is 0 Å². The van der Waals surface area contributed by atoms with Gasteiger partial charge >= 0.3 is 0 Å². The molecule has 1 atom stereocenters. The Balaban J connectivity index is 2.35. The number of amides is 2. The van der Waals surface area contributed by atoms with Crippen LogP contribution < -0.4 is 11.1 Å². The van der Waals surface area contributed by atoms with Crippen LogP contribution in [0.3, 0.4) is 0 Å². The van der Waals surface area contributed by atoms with Crippen LogP contribution in [-0.2, 0) is 19.7 Å². The van der Waals surface area contributed by atoms with Crippen LogP contribution in [0.4, 0.5) is 5.69 Å². The van der Waals surface area contributed by atoms with Gasteiger partial charge in [0.25, 0.3) is 10.1 Å². The lowest BCUT2D eigenvalue weighted by Crippen LogP contribution is -2.39. The summed E-state index contributed by atoms with van der Waals surface area (Å²) in [5.74, 6) is -1.68. The highest BCUT2D eigenvalue weighted by molar-refractivity contribution is 8.01. The number of thioether (sulfide) groups is 1. The maximum Gasteiger partial charge on any atom is 0.294 e. The Kier molecular flexibility index (Phi) is 7.06. The van der Waals surface area contributed by atoms with Crippen LogP contribution in [0.2, 0.25) is 0 Å². The van der Waals surface area contributed by atoms with Gasteiger partial charge in [0.15, 0.2) is 5.78 Å². The van der Waals surface area contributed by atoms with Gasteiger partial charge in [-0.1, -0.05) is 32.9 Å². The molecule has 0 saturated heterocycles. The number of carbonyl (C=O) groups excluding carboxylic acids is 3. The molecule has 0 heterocycles. The highest BCUT2D eigenvalue weighted by Crippen LogP contribution is 2.32. The molecule has 1 unspecified atom stereocenters. The highest BCUT2D eigenvalue weighted by atomic mass is 32.2. The van der Waals surface area contributed by atoms with Crippen LogP contribution in [0.5, 0.6) is 0 Å². The normalized spacial score (nSPS) is 12.8. The van der Waals surface area contributed by atoms with E-state index in [1.807, 2.05) is 0 Å². The summed E-state index contributed by atoms with van der Waals surface area (Å²) < 4.78 is 31.3. The zero-order valence-corrected chi connectivity index (χ0v) is 18.2. The van der Waals surface area contributed by atoms with Gasteiger partial charge in [-0.15, -0.1) is 11.8 Å². The summed E-state index contributed by atoms with van der Waals surface area (Å²) in [6.07, 6.45) is 0. The maximum absolute atomic E-state index is 13.0. The zero-order valence-electron chi connectivity index (χ0n) is 16.6. The molecule has 0 aliphatic carbocycles. The fourth-order valence-electron chi connectivity index (χ4n) is 2.44. The number of Topliss-reactive ketones (excluding diaryl/α,β-unsaturated/α-hetero) is 1. The number of benzene rings is 2. The summed E-state index contributed by atoms with van der Waals surface area (Å²) in [7, 11) is -4.37. The summed E-state index contributed by atoms with van der Waals surface area (Å²) in [6, 6.07) is 11.2. The molecule has 160 valence electrons. The first-order chi connectivity index (χ1) is 13.8. The molecule has 30 heavy (non-hydrogen) atoms. The monoisotopic (exact) mass is 450 g/mol. The summed E-state index contributed by atoms with van der Waals surface area (Å²) in [5, 5.41) is 1.38. The second-order valence-electron chi connectivity index (χ2n) is 7.46. The minimum atomic E-state index is -4.37. The number of rotatable bonds is 7. The molecule has 2 rings (SSSR count). The third-order valence-corrected chi connectivity index (χ3v) is 6.17. The maximum atomic E-state index is 13.0. The first-order valence-corrected chi connectivity index (χ1v) is 11.1. The van der Waals surface area contributed by atoms with E-state index < -0.39 is 32.6 Å². The quantitative estimate of drug-likeness (QED) is 0.334. The van der Waals surface area contributed by atoms with Gasteiger partial charge < -0.3 is 11.1 Å². The predicted molar refractivity (Wildman–Crippen MR) is 114 cm³/mol. The number of carbonyl (C=O) groups is 3. The Hall–Kier alpha value is -2.69. The van der Waals surface area contributed by atoms with Gasteiger partial charge in [-0.05, 0) is 36.4 Å². The summed E-state index contributed by atoms with van der Waals surface area (Å²) in [4.78, 5) is 37.7. The van der Waals surface area contributed by atoms with E-state index in [1.54, 1.807) is 39.0 Å². The van der Waals surface area contributed by atoms with Crippen LogP contribution in [-0.4, -0.2) is 35.8 Å². The smallest absolute Gasteiger partial charge is 0.294 e. The van der Waals surface area contributed by atoms with E-state index in [0.29, 0.717) is 4.90 Å². The lowest BCUT2D eigenvalue weighted by atomic mass is 9.88. The minimum Gasteiger partial charge on any atom is -0.366 e. The minimum absolute atomic E-state index is 0.194. The van der Waals surface area contributed by atoms with Gasteiger partial charge in [-0.2, -0.15) is 8.42 Å². The SMILES string of the molecule is CC(C)(C)C(=O)C(Sc1ccccc1C(N)=O)C(=O)Nc1ccc(S(=O)(=O)O)cc1. The van der Waals surface area contributed by atoms with Gasteiger partial charge in [0, 0.05) is 16.0 Å². The lowest BCUT2D eigenvalue weighted by Gasteiger charge is -2.24. The average Bonchev–Trinajstić information content (AvgIpc) is 2.64. The molecular formula is C20H22N2O6S2. The second kappa shape index (κ2) is 8.99. The Morgan fingerprint density at radius 3 is 2.10 bits per heavy atom. The standard InChI is InChI=1S/C20H22N2O6S2/c1-20(2,3)17(23)16(29-15-7-5-4-6-14(15)18(21)24)19(25)22-12-8-10-13(11-9-12)30(26,27)28/h4-11,16H,1-3H3,(H2,21,24)(H,22,25)(H,26,27,28). The second-order valence-corrected chi connectivity index (χ2v) is 10.0. The van der Waals surface area contributed by atoms with Gasteiger partial charge in [0.1, 0.15) is 5.25 Å². The zero-order chi connectivity index (χ0) is 22.7. The first kappa shape index (κ1) is 23.6. The van der Waals surface area contributed by atoms with Crippen molar-refractivity contribution >= 4 is 45.2 Å². The summed E-state index contributed by atoms with van der Waals surface area (Å²) >= 11 is 0.915. The molecule has 0 spiro atoms. The Morgan fingerprint density at radius 2 is 1.60 bits per heavy atom. The molecule has 0 saturated carbocycles. The molecule has 10 heteroatoms. The van der Waals surface area contributed by atoms with Gasteiger partial charge in [0.05, 0.1) is 10.5 Å². The van der Waals surface area contributed by atoms with E-state index in [-0.39, 0.29) is 21.9 Å². The van der Waals surface area contributed by atoms with Gasteiger partial charge in [0.2, 0.25) is 11.8 Å². The third-order valence-electron chi connectivity index (χ3n) is 4.03. The molecule has 0 aliphatic heterocycles. The molecule has 2 aromatic rings. The highest BCUT2D eigenvalue weighted by Gasteiger charge is 2.36. The van der Waals surface area contributed by atoms with Crippen molar-refractivity contribution in [3.05, 3.63) is 54.1 Å². The fourth-order valence-corrected chi connectivity index (χ4v) is 4.25. The number of ketones is 1. The van der Waals surface area contributed by atoms with E-state index in [4.69, 9.17) is 10.3 Å². The molecule has 0 aliphatic rings. The van der Waals surface area contributed by atoms with Crippen LogP contribution in [0.1, 0.15) is 31.1 Å². The largest absolute Gasteiger partial charge is 0.366 e. The van der Waals surface area contributed by atoms with E-state index in [1.165, 1.54) is 18.2 Å². The molecule has 8 nitrogen and oxygen atoms in total. The number of primary amides is 1. The van der Waals surface area contributed by atoms with Gasteiger partial charge in [-0.3, -0.25) is 18.9 Å². The number of anilines is 1. The number of hydrogen-bond donors (Lipinski definition) is 3. The Labute approximate surface area is 179 Å². The van der Waals surface area contributed by atoms with Crippen LogP contribution in [0.25, 0.3) is 0 Å². The lowest BCUT2D eigenvalue weighted by molar-refractivity contribution is -0.129. The van der Waals surface area contributed by atoms with Crippen molar-refractivity contribution in [3.8, 4) is 0 Å². The molecular weight excluding hydrogens is 428 g/mol. The molecule has 2 amide bonds. The molecule has 0 fully saturated rings. The number of hydrogen-bond acceptors (Lipinski definition) is 6. The van der Waals surface area contributed by atoms with E-state index in [0.717, 1.165) is 23.9 Å². The van der Waals surface area contributed by atoms with Crippen molar-refractivity contribution < 1.29 is 27.4 Å². The molecule has 2 aromatic carbocycles. The van der Waals surface area contributed by atoms with Crippen molar-refractivity contribution in [2.24, 2.45) is 11.1 Å². The van der Waals surface area contributed by atoms with Crippen LogP contribution in [0, 0.1) is 5.41 Å². The predicted octanol–water partition coefficient (Wildman–Crippen LogP) is 2.75. The fraction of sp³-hybridized carbons (Fsp3) is 0.250. The van der Waals surface area contributed by atoms with Crippen molar-refractivity contribution in [1.82, 2.24) is 0 Å². The number of nitrogens with one attached hydrogen (secondary N) is 1. The van der Waals surface area contributed by atoms with E-state index in [2.05, 4.69) is 5.32 Å².